The van der Waals surface area contributed by atoms with Crippen LogP contribution in [0, 0.1) is 5.41 Å². The van der Waals surface area contributed by atoms with E-state index in [4.69, 9.17) is 10.1 Å². The lowest BCUT2D eigenvalue weighted by Gasteiger charge is -2.31. The highest BCUT2D eigenvalue weighted by Gasteiger charge is 2.45. The van der Waals surface area contributed by atoms with Gasteiger partial charge in [-0.3, -0.25) is 4.79 Å². The summed E-state index contributed by atoms with van der Waals surface area (Å²) in [5.41, 5.74) is 1.93. The molecule has 7 heteroatoms. The van der Waals surface area contributed by atoms with Crippen LogP contribution in [0.1, 0.15) is 30.0 Å². The number of ether oxygens (including phenoxy) is 1. The van der Waals surface area contributed by atoms with Gasteiger partial charge in [0.25, 0.3) is 5.56 Å². The number of H-pyrrole nitrogens is 1. The van der Waals surface area contributed by atoms with Crippen LogP contribution in [0.3, 0.4) is 0 Å². The highest BCUT2D eigenvalue weighted by atomic mass is 16.6. The van der Waals surface area contributed by atoms with E-state index in [-0.39, 0.29) is 18.6 Å². The Morgan fingerprint density at radius 1 is 1.21 bits per heavy atom. The van der Waals surface area contributed by atoms with Gasteiger partial charge in [-0.15, -0.1) is 0 Å². The Kier molecular flexibility index (Phi) is 2.92. The van der Waals surface area contributed by atoms with E-state index in [1.807, 2.05) is 18.2 Å². The highest BCUT2D eigenvalue weighted by Crippen LogP contribution is 2.41. The lowest BCUT2D eigenvalue weighted by atomic mass is 9.86. The van der Waals surface area contributed by atoms with Gasteiger partial charge in [0.2, 0.25) is 0 Å². The fourth-order valence-corrected chi connectivity index (χ4v) is 4.84. The third kappa shape index (κ3) is 1.83. The summed E-state index contributed by atoms with van der Waals surface area (Å²) in [5, 5.41) is 22.4. The normalized spacial score (nSPS) is 20.0. The van der Waals surface area contributed by atoms with Gasteiger partial charge in [-0.2, -0.15) is 0 Å². The first kappa shape index (κ1) is 16.5. The number of rotatable bonds is 1. The molecule has 2 aromatic carbocycles. The fourth-order valence-electron chi connectivity index (χ4n) is 4.84. The molecule has 0 fully saturated rings. The van der Waals surface area contributed by atoms with Gasteiger partial charge in [-0.05, 0) is 30.0 Å². The predicted molar refractivity (Wildman–Crippen MR) is 106 cm³/mol. The van der Waals surface area contributed by atoms with E-state index in [9.17, 15) is 14.7 Å². The summed E-state index contributed by atoms with van der Waals surface area (Å²) >= 11 is 0. The Labute approximate surface area is 164 Å². The molecule has 0 aliphatic carbocycles. The van der Waals surface area contributed by atoms with Gasteiger partial charge in [0.15, 0.2) is 5.60 Å². The second-order valence-corrected chi connectivity index (χ2v) is 7.78. The number of esters is 1. The van der Waals surface area contributed by atoms with Crippen LogP contribution < -0.4 is 10.9 Å². The molecule has 2 aliphatic rings. The van der Waals surface area contributed by atoms with Crippen molar-refractivity contribution in [2.75, 3.05) is 0 Å². The Bertz CT molecular complexity index is 1500. The first-order chi connectivity index (χ1) is 13.9. The molecule has 4 heterocycles. The minimum atomic E-state index is -1.81. The number of pyridine rings is 2. The van der Waals surface area contributed by atoms with Gasteiger partial charge in [0, 0.05) is 27.4 Å². The van der Waals surface area contributed by atoms with Crippen LogP contribution in [0.25, 0.3) is 33.1 Å². The Morgan fingerprint density at radius 2 is 2.00 bits per heavy atom. The van der Waals surface area contributed by atoms with Crippen LogP contribution in [-0.2, 0) is 28.3 Å². The number of cyclic esters (lactones) is 1. The molecule has 4 aromatic rings. The van der Waals surface area contributed by atoms with Crippen LogP contribution in [-0.4, -0.2) is 20.6 Å². The van der Waals surface area contributed by atoms with E-state index in [1.54, 1.807) is 23.6 Å². The van der Waals surface area contributed by atoms with Gasteiger partial charge >= 0.3 is 5.97 Å². The molecule has 0 unspecified atom stereocenters. The number of carbonyl (C=O) groups excluding carboxylic acids is 1. The fraction of sp³-hybridized carbons (Fsp3) is 0.227. The molecular weight excluding hydrogens is 370 g/mol. The molecule has 1 atom stereocenters. The van der Waals surface area contributed by atoms with Gasteiger partial charge in [-0.1, -0.05) is 19.1 Å². The lowest BCUT2D eigenvalue weighted by Crippen LogP contribution is -2.44. The topological polar surface area (TPSA) is 108 Å². The van der Waals surface area contributed by atoms with Gasteiger partial charge in [-0.25, -0.2) is 4.79 Å². The Balaban J connectivity index is 1.71. The van der Waals surface area contributed by atoms with E-state index in [2.05, 4.69) is 4.98 Å². The second kappa shape index (κ2) is 5.12. The van der Waals surface area contributed by atoms with Crippen LogP contribution >= 0.6 is 0 Å². The molecule has 0 spiro atoms. The van der Waals surface area contributed by atoms with Crippen molar-refractivity contribution in [3.05, 3.63) is 62.7 Å². The number of aromatic nitrogens is 2. The van der Waals surface area contributed by atoms with Crippen LogP contribution in [0.5, 0.6) is 0 Å². The van der Waals surface area contributed by atoms with Crippen LogP contribution in [0.4, 0.5) is 0 Å². The van der Waals surface area contributed by atoms with E-state index in [1.165, 1.54) is 0 Å². The zero-order chi connectivity index (χ0) is 20.1. The molecule has 144 valence electrons. The minimum absolute atomic E-state index is 0.125. The standard InChI is InChI=1S/C22H17N3O4/c1-2-22(28)14-7-17-19-12(8-25(17)20(26)13(14)9-29-21(22)27)10-3-4-11-15(23)5-6-16(24-19)18(10)11/h3-7,23-24,28H,2,8-9H2,1H3/t22-/m0/s1. The number of nitrogens with zero attached hydrogens (tertiary/aromatic N) is 1. The number of hydrogen-bond acceptors (Lipinski definition) is 5. The summed E-state index contributed by atoms with van der Waals surface area (Å²) < 4.78 is 6.78. The van der Waals surface area contributed by atoms with Crippen molar-refractivity contribution in [2.45, 2.75) is 32.1 Å². The van der Waals surface area contributed by atoms with Crippen molar-refractivity contribution < 1.29 is 14.6 Å². The zero-order valence-electron chi connectivity index (χ0n) is 15.6. The van der Waals surface area contributed by atoms with E-state index >= 15 is 0 Å². The third-order valence-electron chi connectivity index (χ3n) is 6.43. The summed E-state index contributed by atoms with van der Waals surface area (Å²) in [5.74, 6) is -0.716. The molecule has 0 saturated heterocycles. The average molecular weight is 387 g/mol. The minimum Gasteiger partial charge on any atom is -0.458 e. The number of aliphatic hydroxyl groups is 1. The number of aromatic amines is 1. The largest absolute Gasteiger partial charge is 0.458 e. The molecule has 2 aromatic heterocycles. The highest BCUT2D eigenvalue weighted by molar-refractivity contribution is 6.13. The SMILES string of the molecule is CC[C@@]1(O)C(=O)OCc2c1cc1n(c2=O)Cc2c-1[nH]c1ccc(=N)c3ccc2c13. The number of hydrogen-bond donors (Lipinski definition) is 3. The van der Waals surface area contributed by atoms with Crippen molar-refractivity contribution in [3.63, 3.8) is 0 Å². The number of benzene rings is 1. The maximum Gasteiger partial charge on any atom is 0.343 e. The molecule has 0 amide bonds. The summed E-state index contributed by atoms with van der Waals surface area (Å²) in [7, 11) is 0. The Hall–Kier alpha value is -3.45. The van der Waals surface area contributed by atoms with E-state index < -0.39 is 11.6 Å². The molecule has 2 aliphatic heterocycles. The van der Waals surface area contributed by atoms with E-state index in [0.717, 1.165) is 32.9 Å². The lowest BCUT2D eigenvalue weighted by molar-refractivity contribution is -0.172. The molecule has 0 bridgehead atoms. The third-order valence-corrected chi connectivity index (χ3v) is 6.43. The Morgan fingerprint density at radius 3 is 2.79 bits per heavy atom. The molecule has 3 N–H and O–H groups in total. The number of carbonyl (C=O) groups is 1. The van der Waals surface area contributed by atoms with Gasteiger partial charge < -0.3 is 24.8 Å². The monoisotopic (exact) mass is 387 g/mol. The first-order valence-corrected chi connectivity index (χ1v) is 9.55. The summed E-state index contributed by atoms with van der Waals surface area (Å²) in [6.45, 7) is 1.96. The number of nitrogens with one attached hydrogen (secondary N) is 2. The predicted octanol–water partition coefficient (Wildman–Crippen LogP) is 2.08. The van der Waals surface area contributed by atoms with E-state index in [0.29, 0.717) is 28.7 Å². The second-order valence-electron chi connectivity index (χ2n) is 7.78. The number of fused-ring (bicyclic) bond motifs is 5. The van der Waals surface area contributed by atoms with Crippen molar-refractivity contribution >= 4 is 27.6 Å². The molecule has 6 rings (SSSR count). The van der Waals surface area contributed by atoms with Crippen molar-refractivity contribution in [1.29, 1.82) is 5.41 Å². The van der Waals surface area contributed by atoms with Crippen molar-refractivity contribution in [1.82, 2.24) is 9.55 Å². The van der Waals surface area contributed by atoms with Crippen molar-refractivity contribution in [3.8, 4) is 11.4 Å². The smallest absolute Gasteiger partial charge is 0.343 e. The van der Waals surface area contributed by atoms with Crippen molar-refractivity contribution in [2.24, 2.45) is 0 Å². The molecule has 0 saturated carbocycles. The van der Waals surface area contributed by atoms with Gasteiger partial charge in [0.05, 0.1) is 28.9 Å². The van der Waals surface area contributed by atoms with Crippen LogP contribution in [0.2, 0.25) is 0 Å². The zero-order valence-corrected chi connectivity index (χ0v) is 15.6. The molecular formula is C22H17N3O4. The summed E-state index contributed by atoms with van der Waals surface area (Å²) in [4.78, 5) is 28.9. The van der Waals surface area contributed by atoms with Gasteiger partial charge in [0.1, 0.15) is 6.61 Å². The molecule has 29 heavy (non-hydrogen) atoms. The molecule has 0 radical (unpaired) electrons. The maximum absolute atomic E-state index is 13.2. The van der Waals surface area contributed by atoms with Crippen LogP contribution in [0.15, 0.2) is 35.1 Å². The summed E-state index contributed by atoms with van der Waals surface area (Å²) in [6, 6.07) is 9.30. The average Bonchev–Trinajstić information content (AvgIpc) is 3.31. The summed E-state index contributed by atoms with van der Waals surface area (Å²) in [6.07, 6.45) is 0.125. The quantitative estimate of drug-likeness (QED) is 0.383. The maximum atomic E-state index is 13.2. The first-order valence-electron chi connectivity index (χ1n) is 9.55. The molecule has 7 nitrogen and oxygen atoms in total.